The monoisotopic (exact) mass is 270 g/mol. The van der Waals surface area contributed by atoms with Gasteiger partial charge in [0.05, 0.1) is 22.9 Å². The van der Waals surface area contributed by atoms with E-state index in [1.54, 1.807) is 0 Å². The molecule has 0 unspecified atom stereocenters. The van der Waals surface area contributed by atoms with Crippen LogP contribution in [0.1, 0.15) is 0 Å². The van der Waals surface area contributed by atoms with Crippen molar-refractivity contribution in [3.8, 4) is 0 Å². The molecule has 0 aliphatic carbocycles. The standard InChI is InChI=1S/C9H7IN2/c10-12-9-8-4-2-1-3-7(8)5-6-11-9/h1-6H,(H,11,12). The molecule has 0 bridgehead atoms. The maximum atomic E-state index is 4.21. The molecule has 1 N–H and O–H groups in total. The summed E-state index contributed by atoms with van der Waals surface area (Å²) < 4.78 is 3.03. The van der Waals surface area contributed by atoms with E-state index in [9.17, 15) is 0 Å². The predicted molar refractivity (Wildman–Crippen MR) is 59.4 cm³/mol. The Labute approximate surface area is 84.5 Å². The van der Waals surface area contributed by atoms with Crippen LogP contribution in [0.2, 0.25) is 0 Å². The number of rotatable bonds is 1. The highest BCUT2D eigenvalue weighted by atomic mass is 127. The summed E-state index contributed by atoms with van der Waals surface area (Å²) in [6, 6.07) is 10.2. The largest absolute Gasteiger partial charge is 0.313 e. The summed E-state index contributed by atoms with van der Waals surface area (Å²) in [5.74, 6) is 0.925. The number of hydrogen-bond acceptors (Lipinski definition) is 2. The number of halogens is 1. The van der Waals surface area contributed by atoms with Gasteiger partial charge in [0.2, 0.25) is 0 Å². The highest BCUT2D eigenvalue weighted by molar-refractivity contribution is 14.1. The van der Waals surface area contributed by atoms with Crippen molar-refractivity contribution >= 4 is 39.5 Å². The van der Waals surface area contributed by atoms with Gasteiger partial charge in [-0.2, -0.15) is 0 Å². The van der Waals surface area contributed by atoms with E-state index in [4.69, 9.17) is 0 Å². The second-order valence-electron chi connectivity index (χ2n) is 2.48. The molecule has 0 spiro atoms. The number of pyridine rings is 1. The lowest BCUT2D eigenvalue weighted by molar-refractivity contribution is 1.37. The topological polar surface area (TPSA) is 24.9 Å². The number of nitrogens with one attached hydrogen (secondary N) is 1. The van der Waals surface area contributed by atoms with Crippen LogP contribution in [0, 0.1) is 0 Å². The fourth-order valence-electron chi connectivity index (χ4n) is 1.19. The second-order valence-corrected chi connectivity index (χ2v) is 3.01. The van der Waals surface area contributed by atoms with Gasteiger partial charge in [-0.15, -0.1) is 0 Å². The van der Waals surface area contributed by atoms with Gasteiger partial charge < -0.3 is 3.53 Å². The minimum atomic E-state index is 0.925. The van der Waals surface area contributed by atoms with Gasteiger partial charge in [0.25, 0.3) is 0 Å². The molecule has 12 heavy (non-hydrogen) atoms. The molecule has 2 aromatic rings. The molecule has 1 heterocycles. The Hall–Kier alpha value is -0.840. The number of aromatic nitrogens is 1. The summed E-state index contributed by atoms with van der Waals surface area (Å²) in [5.41, 5.74) is 0. The Balaban J connectivity index is 2.79. The van der Waals surface area contributed by atoms with Crippen molar-refractivity contribution in [3.63, 3.8) is 0 Å². The smallest absolute Gasteiger partial charge is 0.142 e. The molecular weight excluding hydrogens is 263 g/mol. The molecule has 2 nitrogen and oxygen atoms in total. The molecule has 0 fully saturated rings. The minimum absolute atomic E-state index is 0.925. The Morgan fingerprint density at radius 3 is 2.83 bits per heavy atom. The summed E-state index contributed by atoms with van der Waals surface area (Å²) in [6.07, 6.45) is 1.81. The maximum absolute atomic E-state index is 4.21. The third-order valence-corrected chi connectivity index (χ3v) is 2.27. The van der Waals surface area contributed by atoms with Crippen LogP contribution >= 0.6 is 22.9 Å². The minimum Gasteiger partial charge on any atom is -0.313 e. The molecular formula is C9H7IN2. The zero-order valence-electron chi connectivity index (χ0n) is 6.29. The SMILES string of the molecule is INc1nccc2ccccc12. The van der Waals surface area contributed by atoms with Crippen molar-refractivity contribution in [3.05, 3.63) is 36.5 Å². The van der Waals surface area contributed by atoms with Gasteiger partial charge in [-0.25, -0.2) is 4.98 Å². The molecule has 0 atom stereocenters. The van der Waals surface area contributed by atoms with Crippen LogP contribution in [0.25, 0.3) is 10.8 Å². The zero-order chi connectivity index (χ0) is 8.39. The molecule has 0 aliphatic heterocycles. The lowest BCUT2D eigenvalue weighted by Gasteiger charge is -2.01. The van der Waals surface area contributed by atoms with Crippen LogP contribution in [-0.2, 0) is 0 Å². The highest BCUT2D eigenvalue weighted by Crippen LogP contribution is 2.20. The zero-order valence-corrected chi connectivity index (χ0v) is 8.45. The van der Waals surface area contributed by atoms with Crippen molar-refractivity contribution in [1.82, 2.24) is 4.98 Å². The maximum Gasteiger partial charge on any atom is 0.142 e. The molecule has 1 aromatic carbocycles. The van der Waals surface area contributed by atoms with Gasteiger partial charge in [0.1, 0.15) is 5.82 Å². The lowest BCUT2D eigenvalue weighted by Crippen LogP contribution is -1.85. The van der Waals surface area contributed by atoms with Gasteiger partial charge in [0.15, 0.2) is 0 Å². The molecule has 1 aromatic heterocycles. The second kappa shape index (κ2) is 3.26. The summed E-state index contributed by atoms with van der Waals surface area (Å²) in [4.78, 5) is 4.21. The van der Waals surface area contributed by atoms with Crippen LogP contribution < -0.4 is 3.53 Å². The van der Waals surface area contributed by atoms with Crippen molar-refractivity contribution in [1.29, 1.82) is 0 Å². The first-order valence-electron chi connectivity index (χ1n) is 3.62. The molecule has 0 aliphatic rings. The van der Waals surface area contributed by atoms with Gasteiger partial charge in [-0.3, -0.25) is 0 Å². The Bertz CT molecular complexity index is 395. The molecule has 2 rings (SSSR count). The van der Waals surface area contributed by atoms with Crippen LogP contribution in [-0.4, -0.2) is 4.98 Å². The van der Waals surface area contributed by atoms with E-state index in [2.05, 4.69) is 43.5 Å². The Kier molecular flexibility index (Phi) is 2.12. The fourth-order valence-corrected chi connectivity index (χ4v) is 1.62. The Morgan fingerprint density at radius 2 is 2.00 bits per heavy atom. The number of fused-ring (bicyclic) bond motifs is 1. The van der Waals surface area contributed by atoms with Gasteiger partial charge in [0, 0.05) is 11.6 Å². The summed E-state index contributed by atoms with van der Waals surface area (Å²) in [6.45, 7) is 0. The van der Waals surface area contributed by atoms with Crippen LogP contribution in [0.15, 0.2) is 36.5 Å². The van der Waals surface area contributed by atoms with Crippen molar-refractivity contribution in [2.75, 3.05) is 3.53 Å². The number of hydrogen-bond donors (Lipinski definition) is 1. The summed E-state index contributed by atoms with van der Waals surface area (Å²) in [7, 11) is 0. The van der Waals surface area contributed by atoms with E-state index in [0.29, 0.717) is 0 Å². The average Bonchev–Trinajstić information content (AvgIpc) is 2.17. The van der Waals surface area contributed by atoms with E-state index < -0.39 is 0 Å². The molecule has 3 heteroatoms. The quantitative estimate of drug-likeness (QED) is 0.636. The van der Waals surface area contributed by atoms with E-state index in [1.165, 1.54) is 5.39 Å². The van der Waals surface area contributed by atoms with E-state index in [0.717, 1.165) is 11.2 Å². The predicted octanol–water partition coefficient (Wildman–Crippen LogP) is 3.00. The highest BCUT2D eigenvalue weighted by Gasteiger charge is 1.97. The van der Waals surface area contributed by atoms with Crippen molar-refractivity contribution < 1.29 is 0 Å². The number of nitrogens with zero attached hydrogens (tertiary/aromatic N) is 1. The molecule has 60 valence electrons. The normalized spacial score (nSPS) is 10.1. The first kappa shape index (κ1) is 7.79. The number of benzene rings is 1. The van der Waals surface area contributed by atoms with Crippen molar-refractivity contribution in [2.45, 2.75) is 0 Å². The average molecular weight is 270 g/mol. The molecule has 0 saturated heterocycles. The first-order valence-corrected chi connectivity index (χ1v) is 4.70. The first-order chi connectivity index (χ1) is 5.92. The van der Waals surface area contributed by atoms with Crippen LogP contribution in [0.4, 0.5) is 5.82 Å². The summed E-state index contributed by atoms with van der Waals surface area (Å²) >= 11 is 2.09. The third kappa shape index (κ3) is 1.24. The molecule has 0 amide bonds. The Morgan fingerprint density at radius 1 is 1.17 bits per heavy atom. The summed E-state index contributed by atoms with van der Waals surface area (Å²) in [5, 5.41) is 2.38. The van der Waals surface area contributed by atoms with E-state index >= 15 is 0 Å². The third-order valence-electron chi connectivity index (χ3n) is 1.76. The van der Waals surface area contributed by atoms with Gasteiger partial charge in [-0.05, 0) is 11.5 Å². The van der Waals surface area contributed by atoms with Crippen LogP contribution in [0.5, 0.6) is 0 Å². The van der Waals surface area contributed by atoms with E-state index in [-0.39, 0.29) is 0 Å². The lowest BCUT2D eigenvalue weighted by atomic mass is 10.2. The molecule has 0 radical (unpaired) electrons. The fraction of sp³-hybridized carbons (Fsp3) is 0. The van der Waals surface area contributed by atoms with E-state index in [1.807, 2.05) is 24.4 Å². The number of anilines is 1. The molecule has 0 saturated carbocycles. The van der Waals surface area contributed by atoms with Crippen LogP contribution in [0.3, 0.4) is 0 Å². The van der Waals surface area contributed by atoms with Gasteiger partial charge >= 0.3 is 0 Å². The van der Waals surface area contributed by atoms with Gasteiger partial charge in [-0.1, -0.05) is 24.3 Å². The van der Waals surface area contributed by atoms with Crippen molar-refractivity contribution in [2.24, 2.45) is 0 Å².